The topological polar surface area (TPSA) is 30.5 Å². The number of rotatable bonds is 5. The van der Waals surface area contributed by atoms with Crippen molar-refractivity contribution in [1.82, 2.24) is 5.32 Å². The Morgan fingerprint density at radius 1 is 1.35 bits per heavy atom. The molecule has 0 bridgehead atoms. The molecule has 6 heteroatoms. The normalized spacial score (nSPS) is 27.9. The number of likely N-dealkylation sites (N-methyl/N-ethyl adjacent to an activating group) is 1. The van der Waals surface area contributed by atoms with E-state index in [1.54, 1.807) is 7.05 Å². The lowest BCUT2D eigenvalue weighted by molar-refractivity contribution is -0.177. The Bertz CT molecular complexity index is 303. The van der Waals surface area contributed by atoms with Crippen molar-refractivity contribution >= 4 is 0 Å². The van der Waals surface area contributed by atoms with Gasteiger partial charge in [0.25, 0.3) is 0 Å². The second-order valence-electron chi connectivity index (χ2n) is 6.02. The predicted molar refractivity (Wildman–Crippen MR) is 69.6 cm³/mol. The van der Waals surface area contributed by atoms with Gasteiger partial charge in [-0.2, -0.15) is 13.2 Å². The molecule has 2 unspecified atom stereocenters. The van der Waals surface area contributed by atoms with E-state index in [0.717, 1.165) is 25.7 Å². The summed E-state index contributed by atoms with van der Waals surface area (Å²) >= 11 is 0. The molecule has 20 heavy (non-hydrogen) atoms. The zero-order valence-corrected chi connectivity index (χ0v) is 12.0. The third-order valence-corrected chi connectivity index (χ3v) is 4.55. The van der Waals surface area contributed by atoms with Crippen LogP contribution in [0.5, 0.6) is 0 Å². The van der Waals surface area contributed by atoms with Crippen molar-refractivity contribution < 1.29 is 22.6 Å². The molecule has 1 aliphatic heterocycles. The molecule has 3 nitrogen and oxygen atoms in total. The zero-order valence-electron chi connectivity index (χ0n) is 12.0. The van der Waals surface area contributed by atoms with Crippen LogP contribution in [0, 0.1) is 5.92 Å². The summed E-state index contributed by atoms with van der Waals surface area (Å²) in [6.45, 7) is -0.349. The van der Waals surface area contributed by atoms with E-state index in [0.29, 0.717) is 12.5 Å². The van der Waals surface area contributed by atoms with Gasteiger partial charge in [0.2, 0.25) is 0 Å². The lowest BCUT2D eigenvalue weighted by atomic mass is 9.81. The molecule has 0 aromatic carbocycles. The third kappa shape index (κ3) is 4.33. The Kier molecular flexibility index (Phi) is 5.31. The SMILES string of the molecule is CNC(COCC(F)(F)F)C1CCOC2(CCCC2)C1. The van der Waals surface area contributed by atoms with Gasteiger partial charge in [-0.25, -0.2) is 0 Å². The first-order chi connectivity index (χ1) is 9.44. The Morgan fingerprint density at radius 2 is 2.05 bits per heavy atom. The van der Waals surface area contributed by atoms with Crippen molar-refractivity contribution in [2.45, 2.75) is 56.3 Å². The van der Waals surface area contributed by atoms with Crippen molar-refractivity contribution in [2.75, 3.05) is 26.9 Å². The van der Waals surface area contributed by atoms with Gasteiger partial charge in [0, 0.05) is 12.6 Å². The molecule has 0 aromatic rings. The number of ether oxygens (including phenoxy) is 2. The molecule has 118 valence electrons. The highest BCUT2D eigenvalue weighted by Crippen LogP contribution is 2.42. The maximum atomic E-state index is 12.1. The highest BCUT2D eigenvalue weighted by Gasteiger charge is 2.42. The standard InChI is InChI=1S/C14H24F3NO2/c1-18-12(9-19-10-14(15,16)17)11-4-7-20-13(8-11)5-2-3-6-13/h11-12,18H,2-10H2,1H3. The van der Waals surface area contributed by atoms with Crippen molar-refractivity contribution in [2.24, 2.45) is 5.92 Å². The minimum absolute atomic E-state index is 0.0119. The Balaban J connectivity index is 1.83. The molecule has 1 aliphatic carbocycles. The lowest BCUT2D eigenvalue weighted by Gasteiger charge is -2.41. The summed E-state index contributed by atoms with van der Waals surface area (Å²) in [7, 11) is 1.79. The van der Waals surface area contributed by atoms with Gasteiger partial charge in [0.1, 0.15) is 6.61 Å². The van der Waals surface area contributed by atoms with Gasteiger partial charge in [-0.3, -0.25) is 0 Å². The van der Waals surface area contributed by atoms with Crippen LogP contribution in [0.1, 0.15) is 38.5 Å². The Hall–Kier alpha value is -0.330. The summed E-state index contributed by atoms with van der Waals surface area (Å²) in [5, 5.41) is 3.12. The molecule has 1 spiro atoms. The lowest BCUT2D eigenvalue weighted by Crippen LogP contribution is -2.47. The van der Waals surface area contributed by atoms with E-state index in [-0.39, 0.29) is 18.2 Å². The van der Waals surface area contributed by atoms with Crippen LogP contribution in [-0.4, -0.2) is 44.7 Å². The molecular weight excluding hydrogens is 271 g/mol. The van der Waals surface area contributed by atoms with Crippen LogP contribution in [-0.2, 0) is 9.47 Å². The van der Waals surface area contributed by atoms with Crippen LogP contribution in [0.4, 0.5) is 13.2 Å². The summed E-state index contributed by atoms with van der Waals surface area (Å²) < 4.78 is 47.2. The van der Waals surface area contributed by atoms with Gasteiger partial charge >= 0.3 is 6.18 Å². The number of hydrogen-bond donors (Lipinski definition) is 1. The molecule has 2 aliphatic rings. The third-order valence-electron chi connectivity index (χ3n) is 4.55. The van der Waals surface area contributed by atoms with Crippen molar-refractivity contribution in [3.05, 3.63) is 0 Å². The number of hydrogen-bond acceptors (Lipinski definition) is 3. The molecule has 0 amide bonds. The van der Waals surface area contributed by atoms with Crippen LogP contribution in [0.25, 0.3) is 0 Å². The molecule has 2 atom stereocenters. The zero-order chi connectivity index (χ0) is 14.6. The molecule has 1 heterocycles. The van der Waals surface area contributed by atoms with Gasteiger partial charge < -0.3 is 14.8 Å². The van der Waals surface area contributed by atoms with Crippen LogP contribution in [0.15, 0.2) is 0 Å². The minimum Gasteiger partial charge on any atom is -0.375 e. The first-order valence-electron chi connectivity index (χ1n) is 7.40. The van der Waals surface area contributed by atoms with Crippen LogP contribution >= 0.6 is 0 Å². The molecule has 2 rings (SSSR count). The summed E-state index contributed by atoms with van der Waals surface area (Å²) in [6, 6.07) is -0.0290. The number of alkyl halides is 3. The largest absolute Gasteiger partial charge is 0.411 e. The summed E-state index contributed by atoms with van der Waals surface area (Å²) in [6.07, 6.45) is 2.15. The smallest absolute Gasteiger partial charge is 0.375 e. The van der Waals surface area contributed by atoms with Gasteiger partial charge in [-0.05, 0) is 38.6 Å². The molecule has 2 fully saturated rings. The molecule has 1 N–H and O–H groups in total. The second kappa shape index (κ2) is 6.62. The van der Waals surface area contributed by atoms with Gasteiger partial charge in [0.05, 0.1) is 12.2 Å². The fourth-order valence-corrected chi connectivity index (χ4v) is 3.53. The van der Waals surface area contributed by atoms with Crippen LogP contribution in [0.3, 0.4) is 0 Å². The van der Waals surface area contributed by atoms with Crippen LogP contribution in [0.2, 0.25) is 0 Å². The predicted octanol–water partition coefficient (Wildman–Crippen LogP) is 2.89. The number of nitrogens with one attached hydrogen (secondary N) is 1. The van der Waals surface area contributed by atoms with E-state index in [2.05, 4.69) is 5.32 Å². The van der Waals surface area contributed by atoms with Crippen molar-refractivity contribution in [1.29, 1.82) is 0 Å². The van der Waals surface area contributed by atoms with Gasteiger partial charge in [0.15, 0.2) is 0 Å². The highest BCUT2D eigenvalue weighted by atomic mass is 19.4. The first kappa shape index (κ1) is 16.0. The van der Waals surface area contributed by atoms with E-state index < -0.39 is 12.8 Å². The van der Waals surface area contributed by atoms with Crippen molar-refractivity contribution in [3.63, 3.8) is 0 Å². The van der Waals surface area contributed by atoms with Gasteiger partial charge in [-0.15, -0.1) is 0 Å². The molecule has 1 saturated heterocycles. The molecular formula is C14H24F3NO2. The Labute approximate surface area is 118 Å². The molecule has 0 aromatic heterocycles. The average Bonchev–Trinajstić information content (AvgIpc) is 2.81. The number of halogens is 3. The minimum atomic E-state index is -4.25. The summed E-state index contributed by atoms with van der Waals surface area (Å²) in [5.74, 6) is 0.333. The van der Waals surface area contributed by atoms with E-state index in [9.17, 15) is 13.2 Å². The van der Waals surface area contributed by atoms with E-state index >= 15 is 0 Å². The van der Waals surface area contributed by atoms with E-state index in [4.69, 9.17) is 9.47 Å². The monoisotopic (exact) mass is 295 g/mol. The maximum absolute atomic E-state index is 12.1. The van der Waals surface area contributed by atoms with E-state index in [1.807, 2.05) is 0 Å². The molecule has 0 radical (unpaired) electrons. The van der Waals surface area contributed by atoms with Crippen LogP contribution < -0.4 is 5.32 Å². The maximum Gasteiger partial charge on any atom is 0.411 e. The quantitative estimate of drug-likeness (QED) is 0.846. The van der Waals surface area contributed by atoms with Gasteiger partial charge in [-0.1, -0.05) is 12.8 Å². The van der Waals surface area contributed by atoms with Crippen molar-refractivity contribution in [3.8, 4) is 0 Å². The molecule has 1 saturated carbocycles. The summed E-state index contributed by atoms with van der Waals surface area (Å²) in [5.41, 5.74) is -0.0119. The summed E-state index contributed by atoms with van der Waals surface area (Å²) in [4.78, 5) is 0. The fraction of sp³-hybridized carbons (Fsp3) is 1.00. The van der Waals surface area contributed by atoms with E-state index in [1.165, 1.54) is 12.8 Å². The first-order valence-corrected chi connectivity index (χ1v) is 7.40. The second-order valence-corrected chi connectivity index (χ2v) is 6.02. The average molecular weight is 295 g/mol. The Morgan fingerprint density at radius 3 is 2.65 bits per heavy atom. The highest BCUT2D eigenvalue weighted by molar-refractivity contribution is 4.94. The fourth-order valence-electron chi connectivity index (χ4n) is 3.53.